The zero-order chi connectivity index (χ0) is 37.1. The van der Waals surface area contributed by atoms with Crippen LogP contribution in [0, 0.1) is 57.2 Å². The molecule has 6 heteroatoms. The number of ketones is 1. The Morgan fingerprint density at radius 3 is 2.25 bits per heavy atom. The molecule has 0 heterocycles. The second-order valence-corrected chi connectivity index (χ2v) is 18.8. The molecule has 6 rings (SSSR count). The summed E-state index contributed by atoms with van der Waals surface area (Å²) < 4.78 is 6.12. The molecule has 0 aliphatic heterocycles. The third-order valence-corrected chi connectivity index (χ3v) is 15.1. The van der Waals surface area contributed by atoms with Crippen LogP contribution in [0.25, 0.3) is 0 Å². The molecule has 1 aromatic rings. The number of fused-ring (bicyclic) bond motifs is 7. The Bertz CT molecular complexity index is 1630. The first-order valence-corrected chi connectivity index (χ1v) is 20.1. The fraction of sp³-hybridized carbons (Fsp3) is 0.711. The first-order chi connectivity index (χ1) is 24.0. The quantitative estimate of drug-likeness (QED) is 0.111. The maximum absolute atomic E-state index is 14.0. The van der Waals surface area contributed by atoms with E-state index in [4.69, 9.17) is 14.9 Å². The molecule has 0 radical (unpaired) electrons. The largest absolute Gasteiger partial charge is 0.462 e. The maximum Gasteiger partial charge on any atom is 0.307 e. The lowest BCUT2D eigenvalue weighted by molar-refractivity contribution is -0.190. The lowest BCUT2D eigenvalue weighted by Crippen LogP contribution is -2.61. The summed E-state index contributed by atoms with van der Waals surface area (Å²) in [6.45, 7) is 21.8. The Kier molecular flexibility index (Phi) is 10.3. The number of hydrogen-bond donors (Lipinski definition) is 0. The molecule has 6 nitrogen and oxygen atoms in total. The molecule has 0 spiro atoms. The summed E-state index contributed by atoms with van der Waals surface area (Å²) in [5.74, 6) is 2.62. The summed E-state index contributed by atoms with van der Waals surface area (Å²) in [6, 6.07) is 8.61. The molecule has 0 N–H and O–H groups in total. The Balaban J connectivity index is 1.27. The minimum atomic E-state index is -0.696. The Labute approximate surface area is 307 Å². The average molecular weight is 697 g/mol. The van der Waals surface area contributed by atoms with Crippen LogP contribution in [0.2, 0.25) is 0 Å². The van der Waals surface area contributed by atoms with Crippen LogP contribution in [-0.2, 0) is 25.5 Å². The van der Waals surface area contributed by atoms with Crippen molar-refractivity contribution in [3.63, 3.8) is 0 Å². The zero-order valence-corrected chi connectivity index (χ0v) is 33.2. The van der Waals surface area contributed by atoms with Crippen molar-refractivity contribution in [2.24, 2.45) is 67.4 Å². The molecule has 51 heavy (non-hydrogen) atoms. The number of carbonyl (C=O) groups excluding carboxylic acids is 3. The van der Waals surface area contributed by atoms with Gasteiger partial charge in [0.1, 0.15) is 12.4 Å². The predicted molar refractivity (Wildman–Crippen MR) is 206 cm³/mol. The summed E-state index contributed by atoms with van der Waals surface area (Å²) in [7, 11) is 0. The van der Waals surface area contributed by atoms with E-state index in [1.807, 2.05) is 6.92 Å². The van der Waals surface area contributed by atoms with Gasteiger partial charge in [0.2, 0.25) is 0 Å². The number of ether oxygens (including phenoxy) is 1. The van der Waals surface area contributed by atoms with Crippen molar-refractivity contribution in [3.8, 4) is 0 Å². The van der Waals surface area contributed by atoms with Gasteiger partial charge in [-0.3, -0.25) is 9.59 Å². The number of allylic oxidation sites excluding steroid dienone is 2. The van der Waals surface area contributed by atoms with E-state index < -0.39 is 5.41 Å². The van der Waals surface area contributed by atoms with Crippen LogP contribution >= 0.6 is 0 Å². The van der Waals surface area contributed by atoms with Crippen molar-refractivity contribution in [3.05, 3.63) is 46.5 Å². The van der Waals surface area contributed by atoms with Crippen molar-refractivity contribution >= 4 is 29.5 Å². The SMILES string of the molecule is CCc1ccc(/C(C)=N/N=C(\C)C23CCC4C(CCC5C4(C)CCC4C(C)C(OC(=O)CC(C)(C)C=O)CCC45C)C2=C(C(C)C)C(=O)C3)cc1. The number of nitrogens with zero attached hydrogens (tertiary/aromatic N) is 2. The average Bonchev–Trinajstić information content (AvgIpc) is 3.41. The van der Waals surface area contributed by atoms with Gasteiger partial charge in [-0.2, -0.15) is 10.2 Å². The lowest BCUT2D eigenvalue weighted by Gasteiger charge is -2.67. The molecule has 0 saturated heterocycles. The van der Waals surface area contributed by atoms with Gasteiger partial charge in [-0.15, -0.1) is 0 Å². The zero-order valence-electron chi connectivity index (χ0n) is 33.2. The fourth-order valence-corrected chi connectivity index (χ4v) is 12.4. The minimum absolute atomic E-state index is 0.0819. The van der Waals surface area contributed by atoms with E-state index in [-0.39, 0.29) is 40.7 Å². The van der Waals surface area contributed by atoms with Crippen molar-refractivity contribution in [1.82, 2.24) is 0 Å². The monoisotopic (exact) mass is 696 g/mol. The minimum Gasteiger partial charge on any atom is -0.462 e. The lowest BCUT2D eigenvalue weighted by atomic mass is 9.38. The molecular weight excluding hydrogens is 633 g/mol. The number of rotatable bonds is 9. The summed E-state index contributed by atoms with van der Waals surface area (Å²) in [5, 5.41) is 9.74. The highest BCUT2D eigenvalue weighted by molar-refractivity contribution is 6.08. The standard InChI is InChI=1S/C45H64N2O4/c1-11-31-12-14-32(15-13-31)29(5)46-47-30(6)45-23-19-35-33(41(45)40(27(2)3)36(49)24-45)16-17-38-43(9)22-20-37(51-39(50)25-42(7,8)26-48)28(4)34(43)18-21-44(35,38)10/h12-15,26-28,33-35,37-38H,11,16-25H2,1-10H3/b46-29+,47-30+. The van der Waals surface area contributed by atoms with Crippen molar-refractivity contribution < 1.29 is 19.1 Å². The van der Waals surface area contributed by atoms with E-state index in [1.165, 1.54) is 24.0 Å². The highest BCUT2D eigenvalue weighted by Crippen LogP contribution is 2.71. The fourth-order valence-electron chi connectivity index (χ4n) is 12.4. The Hall–Kier alpha value is -2.89. The number of Topliss-reactive ketones (excluding diaryl/α,β-unsaturated/α-hetero) is 1. The van der Waals surface area contributed by atoms with Gasteiger partial charge in [0.05, 0.1) is 12.1 Å². The first kappa shape index (κ1) is 37.9. The third kappa shape index (κ3) is 6.43. The molecular formula is C45H64N2O4. The van der Waals surface area contributed by atoms with Crippen molar-refractivity contribution in [2.75, 3.05) is 0 Å². The van der Waals surface area contributed by atoms with E-state index in [1.54, 1.807) is 13.8 Å². The molecule has 9 atom stereocenters. The molecule has 9 unspecified atom stereocenters. The highest BCUT2D eigenvalue weighted by Gasteiger charge is 2.65. The number of aldehydes is 1. The molecule has 5 aliphatic rings. The number of esters is 1. The molecule has 0 amide bonds. The van der Waals surface area contributed by atoms with Gasteiger partial charge in [-0.25, -0.2) is 0 Å². The topological polar surface area (TPSA) is 85.2 Å². The molecule has 278 valence electrons. The summed E-state index contributed by atoms with van der Waals surface area (Å²) in [6.07, 6.45) is 11.1. The molecule has 4 saturated carbocycles. The number of aryl methyl sites for hydroxylation is 1. The summed E-state index contributed by atoms with van der Waals surface area (Å²) in [4.78, 5) is 38.4. The van der Waals surface area contributed by atoms with E-state index in [9.17, 15) is 14.4 Å². The second-order valence-electron chi connectivity index (χ2n) is 18.8. The van der Waals surface area contributed by atoms with Gasteiger partial charge in [-0.05, 0) is 140 Å². The van der Waals surface area contributed by atoms with Gasteiger partial charge >= 0.3 is 5.97 Å². The predicted octanol–water partition coefficient (Wildman–Crippen LogP) is 10.2. The van der Waals surface area contributed by atoms with Crippen molar-refractivity contribution in [2.45, 2.75) is 146 Å². The van der Waals surface area contributed by atoms with Crippen LogP contribution in [0.3, 0.4) is 0 Å². The number of hydrogen-bond acceptors (Lipinski definition) is 6. The summed E-state index contributed by atoms with van der Waals surface area (Å²) in [5.41, 5.74) is 6.19. The van der Waals surface area contributed by atoms with Crippen LogP contribution in [-0.4, -0.2) is 35.6 Å². The van der Waals surface area contributed by atoms with Crippen LogP contribution < -0.4 is 0 Å². The molecule has 5 aliphatic carbocycles. The summed E-state index contributed by atoms with van der Waals surface area (Å²) >= 11 is 0. The van der Waals surface area contributed by atoms with Gasteiger partial charge < -0.3 is 9.53 Å². The van der Waals surface area contributed by atoms with Gasteiger partial charge in [0, 0.05) is 23.0 Å². The molecule has 4 fully saturated rings. The van der Waals surface area contributed by atoms with E-state index >= 15 is 0 Å². The first-order valence-electron chi connectivity index (χ1n) is 20.1. The van der Waals surface area contributed by atoms with Gasteiger partial charge in [0.15, 0.2) is 5.78 Å². The van der Waals surface area contributed by atoms with E-state index in [0.717, 1.165) is 73.8 Å². The van der Waals surface area contributed by atoms with Crippen LogP contribution in [0.4, 0.5) is 0 Å². The van der Waals surface area contributed by atoms with Crippen LogP contribution in [0.1, 0.15) is 145 Å². The third-order valence-electron chi connectivity index (χ3n) is 15.1. The normalized spacial score (nSPS) is 37.0. The van der Waals surface area contributed by atoms with Crippen molar-refractivity contribution in [1.29, 1.82) is 0 Å². The number of benzene rings is 1. The van der Waals surface area contributed by atoms with E-state index in [0.29, 0.717) is 41.8 Å². The highest BCUT2D eigenvalue weighted by atomic mass is 16.5. The van der Waals surface area contributed by atoms with Crippen LogP contribution in [0.15, 0.2) is 45.6 Å². The Morgan fingerprint density at radius 1 is 0.961 bits per heavy atom. The smallest absolute Gasteiger partial charge is 0.307 e. The maximum atomic E-state index is 14.0. The van der Waals surface area contributed by atoms with E-state index in [2.05, 4.69) is 72.7 Å². The molecule has 1 aromatic carbocycles. The molecule has 0 aromatic heterocycles. The molecule has 0 bridgehead atoms. The second kappa shape index (κ2) is 13.8. The number of carbonyl (C=O) groups is 3. The van der Waals surface area contributed by atoms with Gasteiger partial charge in [-0.1, -0.05) is 79.7 Å². The van der Waals surface area contributed by atoms with Gasteiger partial charge in [0.25, 0.3) is 0 Å². The van der Waals surface area contributed by atoms with Crippen LogP contribution in [0.5, 0.6) is 0 Å². The Morgan fingerprint density at radius 2 is 1.61 bits per heavy atom.